The normalized spacial score (nSPS) is 21.8. The molecule has 0 bridgehead atoms. The Morgan fingerprint density at radius 2 is 1.84 bits per heavy atom. The second-order valence-corrected chi connectivity index (χ2v) is 14.6. The van der Waals surface area contributed by atoms with Crippen LogP contribution in [0.1, 0.15) is 53.4 Å². The van der Waals surface area contributed by atoms with Crippen LogP contribution in [0.2, 0.25) is 0 Å². The van der Waals surface area contributed by atoms with Crippen LogP contribution in [-0.4, -0.2) is 70.1 Å². The Bertz CT molecular complexity index is 2460. The number of methoxy groups -OCH3 is 1. The van der Waals surface area contributed by atoms with Gasteiger partial charge in [-0.1, -0.05) is 54.6 Å². The number of alkyl carbamates (subject to hydrolysis) is 1. The van der Waals surface area contributed by atoms with Crippen LogP contribution in [-0.2, 0) is 26.2 Å². The number of rotatable bonds is 9. The van der Waals surface area contributed by atoms with E-state index in [4.69, 9.17) is 29.3 Å². The van der Waals surface area contributed by atoms with Crippen LogP contribution in [0.3, 0.4) is 0 Å². The van der Waals surface area contributed by atoms with Gasteiger partial charge in [-0.3, -0.25) is 4.98 Å². The number of piperidine rings is 1. The third kappa shape index (κ3) is 6.17. The molecule has 1 aliphatic carbocycles. The quantitative estimate of drug-likeness (QED) is 0.152. The Morgan fingerprint density at radius 1 is 0.964 bits per heavy atom. The Morgan fingerprint density at radius 3 is 2.66 bits per heavy atom. The maximum absolute atomic E-state index is 15.6. The van der Waals surface area contributed by atoms with Crippen LogP contribution < -0.4 is 10.2 Å². The van der Waals surface area contributed by atoms with E-state index in [0.717, 1.165) is 36.5 Å². The topological polar surface area (TPSA) is 134 Å². The van der Waals surface area contributed by atoms with Gasteiger partial charge >= 0.3 is 12.1 Å². The van der Waals surface area contributed by atoms with Crippen molar-refractivity contribution >= 4 is 39.9 Å². The molecule has 56 heavy (non-hydrogen) atoms. The number of nitrogens with zero attached hydrogens (tertiary/aromatic N) is 6. The summed E-state index contributed by atoms with van der Waals surface area (Å²) in [7, 11) is 1.34. The van der Waals surface area contributed by atoms with Crippen molar-refractivity contribution in [3.63, 3.8) is 0 Å². The SMILES string of the molecule is COC(=O)c1ccc(-c2nn(C3CCCCO3)c3nc(N4CC[C@@H]5C(C4)[C@@]5(CNC(=O)OCc4ccccc4)c4cccc(F)c4F)cnc23)c2cccnc12. The summed E-state index contributed by atoms with van der Waals surface area (Å²) in [5.74, 6) is -1.83. The molecule has 3 aromatic carbocycles. The van der Waals surface area contributed by atoms with E-state index in [2.05, 4.69) is 15.2 Å². The lowest BCUT2D eigenvalue weighted by atomic mass is 9.90. The summed E-state index contributed by atoms with van der Waals surface area (Å²) in [5.41, 5.74) is 3.49. The van der Waals surface area contributed by atoms with Crippen LogP contribution in [0, 0.1) is 23.5 Å². The van der Waals surface area contributed by atoms with E-state index in [9.17, 15) is 14.0 Å². The Kier molecular flexibility index (Phi) is 9.28. The lowest BCUT2D eigenvalue weighted by molar-refractivity contribution is -0.0368. The van der Waals surface area contributed by atoms with Crippen molar-refractivity contribution in [3.8, 4) is 11.3 Å². The highest BCUT2D eigenvalue weighted by molar-refractivity contribution is 6.09. The zero-order chi connectivity index (χ0) is 38.4. The summed E-state index contributed by atoms with van der Waals surface area (Å²) in [5, 5.41) is 8.65. The minimum atomic E-state index is -0.928. The van der Waals surface area contributed by atoms with Crippen LogP contribution in [0.15, 0.2) is 85.2 Å². The third-order valence-electron chi connectivity index (χ3n) is 11.6. The zero-order valence-electron chi connectivity index (χ0n) is 30.7. The number of esters is 1. The molecule has 6 aromatic rings. The number of benzene rings is 3. The van der Waals surface area contributed by atoms with Crippen LogP contribution >= 0.6 is 0 Å². The first-order valence-electron chi connectivity index (χ1n) is 18.8. The maximum Gasteiger partial charge on any atom is 0.407 e. The van der Waals surface area contributed by atoms with Gasteiger partial charge in [0.05, 0.1) is 24.4 Å². The first kappa shape index (κ1) is 35.7. The fraction of sp³-hybridized carbons (Fsp3) is 0.333. The first-order chi connectivity index (χ1) is 27.4. The van der Waals surface area contributed by atoms with Gasteiger partial charge in [-0.2, -0.15) is 5.10 Å². The smallest absolute Gasteiger partial charge is 0.407 e. The van der Waals surface area contributed by atoms with Crippen molar-refractivity contribution < 1.29 is 32.6 Å². The highest BCUT2D eigenvalue weighted by atomic mass is 19.2. The molecule has 5 heterocycles. The number of hydrogen-bond acceptors (Lipinski definition) is 10. The van der Waals surface area contributed by atoms with Crippen molar-refractivity contribution in [1.29, 1.82) is 0 Å². The van der Waals surface area contributed by atoms with E-state index in [1.165, 1.54) is 13.2 Å². The van der Waals surface area contributed by atoms with Crippen molar-refractivity contribution in [2.45, 2.75) is 43.9 Å². The number of fused-ring (bicyclic) bond motifs is 3. The van der Waals surface area contributed by atoms with Gasteiger partial charge in [0.1, 0.15) is 23.6 Å². The number of ether oxygens (including phenoxy) is 3. The van der Waals surface area contributed by atoms with E-state index in [-0.39, 0.29) is 36.8 Å². The van der Waals surface area contributed by atoms with E-state index in [1.54, 1.807) is 35.3 Å². The number of aromatic nitrogens is 5. The van der Waals surface area contributed by atoms with Crippen molar-refractivity contribution in [1.82, 2.24) is 30.0 Å². The number of pyridine rings is 1. The average molecular weight is 760 g/mol. The minimum Gasteiger partial charge on any atom is -0.465 e. The minimum absolute atomic E-state index is 0.0104. The number of hydrogen-bond donors (Lipinski definition) is 1. The molecule has 2 saturated heterocycles. The second-order valence-electron chi connectivity index (χ2n) is 14.6. The fourth-order valence-corrected chi connectivity index (χ4v) is 8.80. The molecule has 3 aromatic heterocycles. The van der Waals surface area contributed by atoms with Crippen molar-refractivity contribution in [3.05, 3.63) is 114 Å². The van der Waals surface area contributed by atoms with E-state index < -0.39 is 29.1 Å². The van der Waals surface area contributed by atoms with E-state index >= 15 is 4.39 Å². The summed E-state index contributed by atoms with van der Waals surface area (Å²) in [4.78, 5) is 42.3. The van der Waals surface area contributed by atoms with Gasteiger partial charge in [-0.15, -0.1) is 0 Å². The Labute approximate surface area is 320 Å². The molecule has 0 radical (unpaired) electrons. The zero-order valence-corrected chi connectivity index (χ0v) is 30.7. The monoisotopic (exact) mass is 759 g/mol. The molecule has 3 fully saturated rings. The number of amides is 1. The molecule has 9 rings (SSSR count). The molecule has 1 N–H and O–H groups in total. The Hall–Kier alpha value is -6.02. The standard InChI is InChI=1S/C42H39F2N7O5/c1-54-40(52)28-16-15-27(26-11-8-18-45-36(26)28)37-38-39(51(49-37)34-14-5-6-20-55-34)48-33(21-46-38)50-19-17-29-31(22-50)42(29,30-12-7-13-32(43)35(30)44)24-47-41(53)56-23-25-9-3-2-4-10-25/h2-4,7-13,15-16,18,21,29,31,34H,5-6,14,17,19-20,22-24H2,1H3,(H,47,53)/t29-,31?,34?,42-/m1/s1. The number of carbonyl (C=O) groups is 2. The largest absolute Gasteiger partial charge is 0.465 e. The molecule has 14 heteroatoms. The highest BCUT2D eigenvalue weighted by Gasteiger charge is 2.67. The third-order valence-corrected chi connectivity index (χ3v) is 11.6. The van der Waals surface area contributed by atoms with E-state index in [1.807, 2.05) is 42.5 Å². The first-order valence-corrected chi connectivity index (χ1v) is 18.8. The predicted molar refractivity (Wildman–Crippen MR) is 203 cm³/mol. The van der Waals surface area contributed by atoms with Crippen molar-refractivity contribution in [2.24, 2.45) is 11.8 Å². The molecule has 0 spiro atoms. The molecule has 286 valence electrons. The summed E-state index contributed by atoms with van der Waals surface area (Å²) in [6.07, 6.45) is 5.70. The maximum atomic E-state index is 15.6. The summed E-state index contributed by atoms with van der Waals surface area (Å²) in [6, 6.07) is 20.8. The van der Waals surface area contributed by atoms with Crippen LogP contribution in [0.4, 0.5) is 19.4 Å². The number of halogens is 2. The van der Waals surface area contributed by atoms with Gasteiger partial charge in [-0.05, 0) is 66.8 Å². The van der Waals surface area contributed by atoms with Crippen LogP contribution in [0.5, 0.6) is 0 Å². The molecule has 2 unspecified atom stereocenters. The molecule has 4 atom stereocenters. The lowest BCUT2D eigenvalue weighted by Crippen LogP contribution is -2.36. The summed E-state index contributed by atoms with van der Waals surface area (Å²) < 4.78 is 48.8. The van der Waals surface area contributed by atoms with Gasteiger partial charge in [0.2, 0.25) is 0 Å². The molecular formula is C42H39F2N7O5. The highest BCUT2D eigenvalue weighted by Crippen LogP contribution is 2.64. The number of nitrogens with one attached hydrogen (secondary N) is 1. The second kappa shape index (κ2) is 14.6. The molecule has 1 saturated carbocycles. The summed E-state index contributed by atoms with van der Waals surface area (Å²) >= 11 is 0. The number of anilines is 1. The lowest BCUT2D eigenvalue weighted by Gasteiger charge is -2.27. The van der Waals surface area contributed by atoms with E-state index in [0.29, 0.717) is 65.3 Å². The number of carbonyl (C=O) groups excluding carboxylic acids is 2. The summed E-state index contributed by atoms with van der Waals surface area (Å²) in [6.45, 7) is 1.84. The Balaban J connectivity index is 1.04. The fourth-order valence-electron chi connectivity index (χ4n) is 8.80. The van der Waals surface area contributed by atoms with Gasteiger partial charge in [0.25, 0.3) is 0 Å². The molecule has 3 aliphatic rings. The average Bonchev–Trinajstić information content (AvgIpc) is 3.73. The molecule has 1 amide bonds. The van der Waals surface area contributed by atoms with Gasteiger partial charge in [0.15, 0.2) is 23.5 Å². The van der Waals surface area contributed by atoms with Gasteiger partial charge < -0.3 is 24.4 Å². The van der Waals surface area contributed by atoms with Gasteiger partial charge in [0, 0.05) is 48.8 Å². The van der Waals surface area contributed by atoms with Crippen molar-refractivity contribution in [2.75, 3.05) is 38.3 Å². The molecule has 12 nitrogen and oxygen atoms in total. The molecule has 2 aliphatic heterocycles. The van der Waals surface area contributed by atoms with Crippen LogP contribution in [0.25, 0.3) is 33.3 Å². The predicted octanol–water partition coefficient (Wildman–Crippen LogP) is 7.13. The molecular weight excluding hydrogens is 721 g/mol. The van der Waals surface area contributed by atoms with Gasteiger partial charge in [-0.25, -0.2) is 33.0 Å².